The van der Waals surface area contributed by atoms with Crippen molar-refractivity contribution in [3.63, 3.8) is 0 Å². The van der Waals surface area contributed by atoms with Gasteiger partial charge in [0.2, 0.25) is 5.91 Å². The molecular formula is C29H30F3NO2. The molecule has 0 spiro atoms. The summed E-state index contributed by atoms with van der Waals surface area (Å²) >= 11 is 0. The van der Waals surface area contributed by atoms with Crippen LogP contribution < -0.4 is 0 Å². The molecule has 0 aromatic heterocycles. The maximum absolute atomic E-state index is 12.9. The minimum absolute atomic E-state index is 0.00139. The Morgan fingerprint density at radius 2 is 1.51 bits per heavy atom. The van der Waals surface area contributed by atoms with Gasteiger partial charge < -0.3 is 9.64 Å². The molecule has 1 aliphatic rings. The Bertz CT molecular complexity index is 1040. The molecule has 3 aromatic carbocycles. The summed E-state index contributed by atoms with van der Waals surface area (Å²) in [6.07, 6.45) is -3.39. The van der Waals surface area contributed by atoms with Crippen LogP contribution in [0.4, 0.5) is 13.2 Å². The maximum Gasteiger partial charge on any atom is 0.416 e. The van der Waals surface area contributed by atoms with Gasteiger partial charge in [0, 0.05) is 31.3 Å². The second-order valence-electron chi connectivity index (χ2n) is 8.99. The Labute approximate surface area is 204 Å². The third-order valence-corrected chi connectivity index (χ3v) is 6.74. The highest BCUT2D eigenvalue weighted by Crippen LogP contribution is 2.39. The average molecular weight is 482 g/mol. The number of amides is 1. The predicted molar refractivity (Wildman–Crippen MR) is 130 cm³/mol. The first-order valence-corrected chi connectivity index (χ1v) is 12.0. The second kappa shape index (κ2) is 11.1. The molecule has 0 N–H and O–H groups in total. The molecule has 0 radical (unpaired) electrons. The molecule has 0 unspecified atom stereocenters. The van der Waals surface area contributed by atoms with Gasteiger partial charge in [-0.1, -0.05) is 79.7 Å². The highest BCUT2D eigenvalue weighted by Gasteiger charge is 2.38. The quantitative estimate of drug-likeness (QED) is 0.377. The molecule has 3 nitrogen and oxygen atoms in total. The lowest BCUT2D eigenvalue weighted by atomic mass is 9.75. The number of halogens is 3. The fraction of sp³-hybridized carbons (Fsp3) is 0.345. The first-order chi connectivity index (χ1) is 16.9. The van der Waals surface area contributed by atoms with E-state index in [0.29, 0.717) is 31.5 Å². The van der Waals surface area contributed by atoms with Gasteiger partial charge in [0.1, 0.15) is 0 Å². The Morgan fingerprint density at radius 1 is 0.943 bits per heavy atom. The van der Waals surface area contributed by atoms with Gasteiger partial charge in [-0.15, -0.1) is 0 Å². The monoisotopic (exact) mass is 481 g/mol. The number of hydrogen-bond acceptors (Lipinski definition) is 2. The lowest BCUT2D eigenvalue weighted by Crippen LogP contribution is -2.48. The summed E-state index contributed by atoms with van der Waals surface area (Å²) in [5.74, 6) is 0.136. The third kappa shape index (κ3) is 6.12. The molecule has 6 heteroatoms. The van der Waals surface area contributed by atoms with Crippen molar-refractivity contribution in [2.24, 2.45) is 5.92 Å². The minimum Gasteiger partial charge on any atom is -0.373 e. The summed E-state index contributed by atoms with van der Waals surface area (Å²) < 4.78 is 45.2. The van der Waals surface area contributed by atoms with Crippen LogP contribution in [0.15, 0.2) is 84.9 Å². The summed E-state index contributed by atoms with van der Waals surface area (Å²) in [5, 5.41) is 0. The normalized spacial score (nSPS) is 18.6. The first-order valence-electron chi connectivity index (χ1n) is 12.0. The number of carbonyl (C=O) groups excluding carboxylic acids is 1. The van der Waals surface area contributed by atoms with Crippen molar-refractivity contribution >= 4 is 5.91 Å². The number of hydrogen-bond donors (Lipinski definition) is 0. The fourth-order valence-electron chi connectivity index (χ4n) is 4.94. The number of nitrogens with zero attached hydrogens (tertiary/aromatic N) is 1. The number of piperidine rings is 1. The molecule has 1 heterocycles. The van der Waals surface area contributed by atoms with Crippen LogP contribution in [0.2, 0.25) is 0 Å². The average Bonchev–Trinajstić information content (AvgIpc) is 2.88. The molecule has 1 amide bonds. The van der Waals surface area contributed by atoms with E-state index in [1.807, 2.05) is 48.2 Å². The molecule has 0 aliphatic carbocycles. The van der Waals surface area contributed by atoms with Crippen LogP contribution in [0, 0.1) is 5.92 Å². The molecule has 35 heavy (non-hydrogen) atoms. The van der Waals surface area contributed by atoms with Crippen molar-refractivity contribution in [2.75, 3.05) is 13.1 Å². The van der Waals surface area contributed by atoms with Crippen LogP contribution in [0.1, 0.15) is 47.9 Å². The summed E-state index contributed by atoms with van der Waals surface area (Å²) in [6, 6.07) is 25.6. The van der Waals surface area contributed by atoms with Crippen LogP contribution in [0.25, 0.3) is 0 Å². The van der Waals surface area contributed by atoms with Crippen molar-refractivity contribution in [3.05, 3.63) is 107 Å². The van der Waals surface area contributed by atoms with E-state index in [-0.39, 0.29) is 30.5 Å². The molecule has 1 saturated heterocycles. The van der Waals surface area contributed by atoms with Crippen LogP contribution in [0.5, 0.6) is 0 Å². The largest absolute Gasteiger partial charge is 0.416 e. The summed E-state index contributed by atoms with van der Waals surface area (Å²) in [6.45, 7) is 3.27. The number of ether oxygens (including phenoxy) is 1. The van der Waals surface area contributed by atoms with Crippen LogP contribution in [-0.4, -0.2) is 30.0 Å². The van der Waals surface area contributed by atoms with Gasteiger partial charge in [0.15, 0.2) is 0 Å². The smallest absolute Gasteiger partial charge is 0.373 e. The van der Waals surface area contributed by atoms with Crippen molar-refractivity contribution in [3.8, 4) is 0 Å². The number of likely N-dealkylation sites (tertiary alicyclic amines) is 1. The highest BCUT2D eigenvalue weighted by molar-refractivity contribution is 5.76. The van der Waals surface area contributed by atoms with E-state index in [1.54, 1.807) is 0 Å². The second-order valence-corrected chi connectivity index (χ2v) is 8.99. The van der Waals surface area contributed by atoms with E-state index in [1.165, 1.54) is 12.1 Å². The van der Waals surface area contributed by atoms with Crippen molar-refractivity contribution in [1.29, 1.82) is 0 Å². The minimum atomic E-state index is -4.36. The van der Waals surface area contributed by atoms with Crippen molar-refractivity contribution < 1.29 is 22.7 Å². The van der Waals surface area contributed by atoms with E-state index in [0.717, 1.165) is 23.3 Å². The third-order valence-electron chi connectivity index (χ3n) is 6.74. The molecule has 1 fully saturated rings. The van der Waals surface area contributed by atoms with E-state index >= 15 is 0 Å². The zero-order chi connectivity index (χ0) is 24.8. The summed E-state index contributed by atoms with van der Waals surface area (Å²) in [7, 11) is 0. The van der Waals surface area contributed by atoms with E-state index in [2.05, 4.69) is 24.3 Å². The van der Waals surface area contributed by atoms with Crippen LogP contribution in [0.3, 0.4) is 0 Å². The van der Waals surface area contributed by atoms with Crippen LogP contribution in [-0.2, 0) is 22.3 Å². The molecule has 0 saturated carbocycles. The Balaban J connectivity index is 1.61. The molecule has 184 valence electrons. The Kier molecular flexibility index (Phi) is 7.91. The van der Waals surface area contributed by atoms with Crippen molar-refractivity contribution in [2.45, 2.75) is 44.6 Å². The van der Waals surface area contributed by atoms with Gasteiger partial charge in [-0.25, -0.2) is 0 Å². The zero-order valence-electron chi connectivity index (χ0n) is 19.7. The van der Waals surface area contributed by atoms with Crippen molar-refractivity contribution in [1.82, 2.24) is 4.90 Å². The van der Waals surface area contributed by atoms with E-state index in [9.17, 15) is 18.0 Å². The Hall–Kier alpha value is -3.12. The molecule has 0 bridgehead atoms. The van der Waals surface area contributed by atoms with E-state index in [4.69, 9.17) is 4.74 Å². The maximum atomic E-state index is 12.9. The highest BCUT2D eigenvalue weighted by atomic mass is 19.4. The number of rotatable bonds is 7. The number of alkyl halides is 3. The van der Waals surface area contributed by atoms with E-state index < -0.39 is 11.7 Å². The fourth-order valence-corrected chi connectivity index (χ4v) is 4.94. The number of benzene rings is 3. The van der Waals surface area contributed by atoms with Gasteiger partial charge in [-0.3, -0.25) is 4.79 Å². The summed E-state index contributed by atoms with van der Waals surface area (Å²) in [5.41, 5.74) is 2.33. The van der Waals surface area contributed by atoms with Gasteiger partial charge in [-0.2, -0.15) is 13.2 Å². The molecule has 1 aliphatic heterocycles. The SMILES string of the molecule is CCC(=O)N1CC[C@@H](OCc2ccc(C(F)(F)F)cc2)[C@@H](C(c2ccccc2)c2ccccc2)C1. The number of carbonyl (C=O) groups is 1. The molecule has 2 atom stereocenters. The molecule has 3 aromatic rings. The first kappa shape index (κ1) is 25.0. The van der Waals surface area contributed by atoms with Gasteiger partial charge in [0.05, 0.1) is 18.3 Å². The molecule has 4 rings (SSSR count). The van der Waals surface area contributed by atoms with Gasteiger partial charge in [0.25, 0.3) is 0 Å². The topological polar surface area (TPSA) is 29.5 Å². The lowest BCUT2D eigenvalue weighted by Gasteiger charge is -2.42. The summed E-state index contributed by atoms with van der Waals surface area (Å²) in [4.78, 5) is 14.5. The van der Waals surface area contributed by atoms with Crippen LogP contribution >= 0.6 is 0 Å². The lowest BCUT2D eigenvalue weighted by molar-refractivity contribution is -0.138. The van der Waals surface area contributed by atoms with Gasteiger partial charge in [-0.05, 0) is 35.2 Å². The predicted octanol–water partition coefficient (Wildman–Crippen LogP) is 6.68. The van der Waals surface area contributed by atoms with Gasteiger partial charge >= 0.3 is 6.18 Å². The Morgan fingerprint density at radius 3 is 2.03 bits per heavy atom. The standard InChI is InChI=1S/C29H30F3NO2/c1-2-27(34)33-18-17-26(35-20-21-13-15-24(16-14-21)29(30,31)32)25(19-33)28(22-9-5-3-6-10-22)23-11-7-4-8-12-23/h3-16,25-26,28H,2,17-20H2,1H3/t25-,26+/m0/s1. The molecular weight excluding hydrogens is 451 g/mol. The zero-order valence-corrected chi connectivity index (χ0v) is 19.7.